The number of esters is 1. The van der Waals surface area contributed by atoms with Crippen molar-refractivity contribution in [1.82, 2.24) is 9.80 Å². The van der Waals surface area contributed by atoms with Crippen LogP contribution < -0.4 is 5.32 Å². The van der Waals surface area contributed by atoms with Gasteiger partial charge in [0.25, 0.3) is 0 Å². The molecule has 1 N–H and O–H groups in total. The van der Waals surface area contributed by atoms with Gasteiger partial charge in [0.2, 0.25) is 0 Å². The molecule has 126 valence electrons. The molecular weight excluding hydrogens is 294 g/mol. The molecule has 0 aliphatic carbocycles. The predicted octanol–water partition coefficient (Wildman–Crippen LogP) is 2.42. The summed E-state index contributed by atoms with van der Waals surface area (Å²) in [6.45, 7) is 5.52. The van der Waals surface area contributed by atoms with Gasteiger partial charge in [0.05, 0.1) is 17.9 Å². The average Bonchev–Trinajstić information content (AvgIpc) is 2.56. The number of hydrogen-bond acceptors (Lipinski definition) is 4. The molecule has 1 aromatic rings. The summed E-state index contributed by atoms with van der Waals surface area (Å²) in [4.78, 5) is 28.4. The number of urea groups is 1. The first-order chi connectivity index (χ1) is 11.1. The Hall–Kier alpha value is -2.08. The van der Waals surface area contributed by atoms with E-state index in [0.29, 0.717) is 30.9 Å². The molecule has 0 atom stereocenters. The highest BCUT2D eigenvalue weighted by molar-refractivity contribution is 6.00. The number of nitrogens with one attached hydrogen (secondary N) is 1. The molecule has 0 radical (unpaired) electrons. The Morgan fingerprint density at radius 2 is 1.87 bits per heavy atom. The maximum Gasteiger partial charge on any atom is 0.340 e. The van der Waals surface area contributed by atoms with Gasteiger partial charge in [-0.1, -0.05) is 25.5 Å². The summed E-state index contributed by atoms with van der Waals surface area (Å²) in [6, 6.07) is 6.79. The third kappa shape index (κ3) is 4.96. The number of carbonyl (C=O) groups excluding carboxylic acids is 2. The Balaban J connectivity index is 1.99. The molecule has 0 bridgehead atoms. The average molecular weight is 319 g/mol. The number of nitrogens with zero attached hydrogens (tertiary/aromatic N) is 2. The molecule has 0 spiro atoms. The summed E-state index contributed by atoms with van der Waals surface area (Å²) in [7, 11) is 2.04. The van der Waals surface area contributed by atoms with Crippen molar-refractivity contribution >= 4 is 17.7 Å². The van der Waals surface area contributed by atoms with E-state index in [9.17, 15) is 9.59 Å². The van der Waals surface area contributed by atoms with Crippen LogP contribution in [-0.2, 0) is 4.74 Å². The van der Waals surface area contributed by atoms with Crippen molar-refractivity contribution in [2.75, 3.05) is 45.2 Å². The van der Waals surface area contributed by atoms with Crippen molar-refractivity contribution < 1.29 is 14.3 Å². The summed E-state index contributed by atoms with van der Waals surface area (Å²) >= 11 is 0. The fraction of sp³-hybridized carbons (Fsp3) is 0.529. The summed E-state index contributed by atoms with van der Waals surface area (Å²) in [6.07, 6.45) is 1.80. The minimum Gasteiger partial charge on any atom is -0.462 e. The van der Waals surface area contributed by atoms with E-state index >= 15 is 0 Å². The van der Waals surface area contributed by atoms with Gasteiger partial charge < -0.3 is 19.9 Å². The molecule has 1 aromatic carbocycles. The molecule has 1 aliphatic rings. The number of anilines is 1. The topological polar surface area (TPSA) is 61.9 Å². The smallest absolute Gasteiger partial charge is 0.340 e. The first-order valence-corrected chi connectivity index (χ1v) is 8.12. The van der Waals surface area contributed by atoms with E-state index in [1.165, 1.54) is 0 Å². The minimum atomic E-state index is -0.396. The van der Waals surface area contributed by atoms with Gasteiger partial charge in [-0.05, 0) is 25.6 Å². The number of ether oxygens (including phenoxy) is 1. The van der Waals surface area contributed by atoms with Gasteiger partial charge in [0, 0.05) is 26.2 Å². The molecule has 0 aromatic heterocycles. The number of piperazine rings is 1. The molecular formula is C17H25N3O3. The Labute approximate surface area is 137 Å². The van der Waals surface area contributed by atoms with Gasteiger partial charge in [0.15, 0.2) is 0 Å². The number of rotatable bonds is 5. The highest BCUT2D eigenvalue weighted by Crippen LogP contribution is 2.17. The summed E-state index contributed by atoms with van der Waals surface area (Å²) in [5.41, 5.74) is 0.893. The molecule has 6 heteroatoms. The van der Waals surface area contributed by atoms with Crippen molar-refractivity contribution in [3.05, 3.63) is 29.8 Å². The van der Waals surface area contributed by atoms with Crippen LogP contribution in [-0.4, -0.2) is 61.6 Å². The lowest BCUT2D eigenvalue weighted by Gasteiger charge is -2.32. The number of carbonyl (C=O) groups is 2. The van der Waals surface area contributed by atoms with E-state index in [4.69, 9.17) is 4.74 Å². The minimum absolute atomic E-state index is 0.174. The van der Waals surface area contributed by atoms with Gasteiger partial charge in [-0.3, -0.25) is 0 Å². The third-order valence-corrected chi connectivity index (χ3v) is 3.91. The van der Waals surface area contributed by atoms with Crippen LogP contribution in [0.15, 0.2) is 24.3 Å². The van der Waals surface area contributed by atoms with Crippen LogP contribution in [0.3, 0.4) is 0 Å². The number of likely N-dealkylation sites (N-methyl/N-ethyl adjacent to an activating group) is 1. The first-order valence-electron chi connectivity index (χ1n) is 8.12. The zero-order valence-electron chi connectivity index (χ0n) is 13.9. The van der Waals surface area contributed by atoms with E-state index in [0.717, 1.165) is 25.9 Å². The van der Waals surface area contributed by atoms with Crippen LogP contribution in [0, 0.1) is 0 Å². The van der Waals surface area contributed by atoms with Gasteiger partial charge in [-0.15, -0.1) is 0 Å². The number of hydrogen-bond donors (Lipinski definition) is 1. The zero-order valence-corrected chi connectivity index (χ0v) is 13.9. The SMILES string of the molecule is CCCCOC(=O)c1ccccc1NC(=O)N1CCN(C)CC1. The largest absolute Gasteiger partial charge is 0.462 e. The van der Waals surface area contributed by atoms with Crippen molar-refractivity contribution in [3.63, 3.8) is 0 Å². The van der Waals surface area contributed by atoms with Gasteiger partial charge in [-0.25, -0.2) is 9.59 Å². The van der Waals surface area contributed by atoms with Crippen molar-refractivity contribution in [3.8, 4) is 0 Å². The molecule has 23 heavy (non-hydrogen) atoms. The number of amides is 2. The number of benzene rings is 1. The molecule has 1 heterocycles. The van der Waals surface area contributed by atoms with E-state index < -0.39 is 5.97 Å². The normalized spacial score (nSPS) is 15.3. The second kappa shape index (κ2) is 8.53. The van der Waals surface area contributed by atoms with Crippen LogP contribution in [0.5, 0.6) is 0 Å². The number of unbranched alkanes of at least 4 members (excludes halogenated alkanes) is 1. The highest BCUT2D eigenvalue weighted by atomic mass is 16.5. The molecule has 2 amide bonds. The van der Waals surface area contributed by atoms with E-state index in [-0.39, 0.29) is 6.03 Å². The molecule has 0 unspecified atom stereocenters. The summed E-state index contributed by atoms with van der Waals surface area (Å²) in [5, 5.41) is 2.83. The fourth-order valence-corrected chi connectivity index (χ4v) is 2.36. The van der Waals surface area contributed by atoms with Gasteiger partial charge in [0.1, 0.15) is 0 Å². The van der Waals surface area contributed by atoms with Crippen LogP contribution in [0.25, 0.3) is 0 Å². The molecule has 2 rings (SSSR count). The standard InChI is InChI=1S/C17H25N3O3/c1-3-4-13-23-16(21)14-7-5-6-8-15(14)18-17(22)20-11-9-19(2)10-12-20/h5-8H,3-4,9-13H2,1-2H3,(H,18,22). The van der Waals surface area contributed by atoms with Gasteiger partial charge >= 0.3 is 12.0 Å². The second-order valence-electron chi connectivity index (χ2n) is 5.76. The van der Waals surface area contributed by atoms with Crippen LogP contribution in [0.2, 0.25) is 0 Å². The lowest BCUT2D eigenvalue weighted by Crippen LogP contribution is -2.48. The Kier molecular flexibility index (Phi) is 6.40. The molecule has 0 saturated carbocycles. The van der Waals surface area contributed by atoms with Crippen LogP contribution in [0.1, 0.15) is 30.1 Å². The predicted molar refractivity (Wildman–Crippen MR) is 89.7 cm³/mol. The van der Waals surface area contributed by atoms with Crippen LogP contribution >= 0.6 is 0 Å². The quantitative estimate of drug-likeness (QED) is 0.669. The molecule has 6 nitrogen and oxygen atoms in total. The summed E-state index contributed by atoms with van der Waals surface area (Å²) in [5.74, 6) is -0.396. The van der Waals surface area contributed by atoms with Crippen molar-refractivity contribution in [1.29, 1.82) is 0 Å². The highest BCUT2D eigenvalue weighted by Gasteiger charge is 2.21. The van der Waals surface area contributed by atoms with E-state index in [1.807, 2.05) is 14.0 Å². The Morgan fingerprint density at radius 1 is 1.17 bits per heavy atom. The van der Waals surface area contributed by atoms with E-state index in [1.54, 1.807) is 29.2 Å². The van der Waals surface area contributed by atoms with Crippen molar-refractivity contribution in [2.24, 2.45) is 0 Å². The van der Waals surface area contributed by atoms with E-state index in [2.05, 4.69) is 10.2 Å². The molecule has 1 fully saturated rings. The monoisotopic (exact) mass is 319 g/mol. The lowest BCUT2D eigenvalue weighted by molar-refractivity contribution is 0.0501. The molecule has 1 aliphatic heterocycles. The van der Waals surface area contributed by atoms with Crippen LogP contribution in [0.4, 0.5) is 10.5 Å². The zero-order chi connectivity index (χ0) is 16.7. The fourth-order valence-electron chi connectivity index (χ4n) is 2.36. The Bertz CT molecular complexity index is 540. The van der Waals surface area contributed by atoms with Gasteiger partial charge in [-0.2, -0.15) is 0 Å². The maximum absolute atomic E-state index is 12.4. The second-order valence-corrected chi connectivity index (χ2v) is 5.76. The first kappa shape index (κ1) is 17.3. The lowest BCUT2D eigenvalue weighted by atomic mass is 10.2. The third-order valence-electron chi connectivity index (χ3n) is 3.91. The summed E-state index contributed by atoms with van der Waals surface area (Å²) < 4.78 is 5.24. The Morgan fingerprint density at radius 3 is 2.57 bits per heavy atom. The number of para-hydroxylation sites is 1. The van der Waals surface area contributed by atoms with Crippen molar-refractivity contribution in [2.45, 2.75) is 19.8 Å². The maximum atomic E-state index is 12.4. The molecule has 1 saturated heterocycles.